The number of nitrogens with one attached hydrogen (secondary N) is 1. The van der Waals surface area contributed by atoms with Gasteiger partial charge in [0.05, 0.1) is 5.39 Å². The van der Waals surface area contributed by atoms with Crippen LogP contribution in [0, 0.1) is 0 Å². The van der Waals surface area contributed by atoms with Crippen molar-refractivity contribution >= 4 is 27.4 Å². The zero-order chi connectivity index (χ0) is 11.7. The van der Waals surface area contributed by atoms with Crippen LogP contribution in [0.3, 0.4) is 0 Å². The number of rotatable bonds is 2. The molecule has 0 radical (unpaired) electrons. The molecule has 0 aliphatic heterocycles. The number of hydrogen-bond acceptors (Lipinski definition) is 5. The summed E-state index contributed by atoms with van der Waals surface area (Å²) in [4.78, 5) is 9.33. The summed E-state index contributed by atoms with van der Waals surface area (Å²) in [5, 5.41) is 3.06. The number of benzene rings is 1. The lowest BCUT2D eigenvalue weighted by molar-refractivity contribution is 1.19. The van der Waals surface area contributed by atoms with E-state index in [1.807, 2.05) is 18.2 Å². The highest BCUT2D eigenvalue weighted by atomic mass is 32.1. The van der Waals surface area contributed by atoms with Gasteiger partial charge in [-0.15, -0.1) is 11.3 Å². The molecular formula is C12H10N4S. The Hall–Kier alpha value is -1.98. The molecule has 2 aromatic heterocycles. The second-order valence-electron chi connectivity index (χ2n) is 3.56. The maximum absolute atomic E-state index is 5.49. The van der Waals surface area contributed by atoms with Crippen molar-refractivity contribution in [3.8, 4) is 11.1 Å². The molecule has 17 heavy (non-hydrogen) atoms. The fourth-order valence-corrected chi connectivity index (χ4v) is 2.73. The van der Waals surface area contributed by atoms with Crippen molar-refractivity contribution in [1.29, 1.82) is 0 Å². The lowest BCUT2D eigenvalue weighted by Gasteiger charge is -2.03. The van der Waals surface area contributed by atoms with E-state index in [-0.39, 0.29) is 0 Å². The minimum atomic E-state index is 0.662. The van der Waals surface area contributed by atoms with E-state index < -0.39 is 0 Å². The Balaban J connectivity index is 2.31. The molecule has 0 aliphatic carbocycles. The van der Waals surface area contributed by atoms with E-state index in [0.29, 0.717) is 5.82 Å². The quantitative estimate of drug-likeness (QED) is 0.535. The van der Waals surface area contributed by atoms with Crippen LogP contribution in [0.25, 0.3) is 21.3 Å². The Morgan fingerprint density at radius 2 is 1.94 bits per heavy atom. The fraction of sp³-hybridized carbons (Fsp3) is 0. The van der Waals surface area contributed by atoms with Gasteiger partial charge < -0.3 is 5.43 Å². The molecule has 0 saturated carbocycles. The van der Waals surface area contributed by atoms with Crippen LogP contribution in [0.4, 0.5) is 5.82 Å². The molecule has 4 nitrogen and oxygen atoms in total. The van der Waals surface area contributed by atoms with Gasteiger partial charge in [0.2, 0.25) is 0 Å². The molecule has 3 rings (SSSR count). The third-order valence-electron chi connectivity index (χ3n) is 2.59. The number of anilines is 1. The number of nitrogen functional groups attached to an aromatic ring is 1. The van der Waals surface area contributed by atoms with Crippen molar-refractivity contribution in [3.05, 3.63) is 42.0 Å². The molecule has 3 aromatic rings. The first-order valence-corrected chi connectivity index (χ1v) is 6.02. The summed E-state index contributed by atoms with van der Waals surface area (Å²) in [5.74, 6) is 6.15. The van der Waals surface area contributed by atoms with Crippen molar-refractivity contribution in [2.24, 2.45) is 5.84 Å². The predicted octanol–water partition coefficient (Wildman–Crippen LogP) is 2.64. The van der Waals surface area contributed by atoms with Crippen LogP contribution in [0.5, 0.6) is 0 Å². The molecule has 0 fully saturated rings. The molecule has 1 aromatic carbocycles. The van der Waals surface area contributed by atoms with Crippen LogP contribution < -0.4 is 11.3 Å². The van der Waals surface area contributed by atoms with E-state index >= 15 is 0 Å². The number of hydrazine groups is 1. The van der Waals surface area contributed by atoms with Crippen LogP contribution in [-0.2, 0) is 0 Å². The van der Waals surface area contributed by atoms with Gasteiger partial charge in [0.15, 0.2) is 5.82 Å². The summed E-state index contributed by atoms with van der Waals surface area (Å²) in [6.07, 6.45) is 1.52. The summed E-state index contributed by atoms with van der Waals surface area (Å²) in [7, 11) is 0. The van der Waals surface area contributed by atoms with Gasteiger partial charge >= 0.3 is 0 Å². The normalized spacial score (nSPS) is 10.6. The lowest BCUT2D eigenvalue weighted by Crippen LogP contribution is -2.08. The van der Waals surface area contributed by atoms with Crippen molar-refractivity contribution in [2.45, 2.75) is 0 Å². The summed E-state index contributed by atoms with van der Waals surface area (Å²) in [6, 6.07) is 10.1. The molecule has 5 heteroatoms. The maximum atomic E-state index is 5.49. The number of thiophene rings is 1. The Bertz CT molecular complexity index is 648. The SMILES string of the molecule is NNc1ncnc2scc(-c3ccccc3)c12. The smallest absolute Gasteiger partial charge is 0.152 e. The average Bonchev–Trinajstić information content (AvgIpc) is 2.83. The topological polar surface area (TPSA) is 63.8 Å². The van der Waals surface area contributed by atoms with Crippen molar-refractivity contribution < 1.29 is 0 Å². The van der Waals surface area contributed by atoms with Gasteiger partial charge in [-0.1, -0.05) is 30.3 Å². The number of nitrogens with zero attached hydrogens (tertiary/aromatic N) is 2. The molecular weight excluding hydrogens is 232 g/mol. The lowest BCUT2D eigenvalue weighted by atomic mass is 10.1. The molecule has 3 N–H and O–H groups in total. The number of fused-ring (bicyclic) bond motifs is 1. The molecule has 0 amide bonds. The van der Waals surface area contributed by atoms with Gasteiger partial charge in [0.1, 0.15) is 11.2 Å². The fourth-order valence-electron chi connectivity index (χ4n) is 1.81. The van der Waals surface area contributed by atoms with Gasteiger partial charge in [0.25, 0.3) is 0 Å². The molecule has 0 atom stereocenters. The Morgan fingerprint density at radius 1 is 1.12 bits per heavy atom. The third kappa shape index (κ3) is 1.65. The van der Waals surface area contributed by atoms with E-state index in [2.05, 4.69) is 32.9 Å². The highest BCUT2D eigenvalue weighted by Gasteiger charge is 2.11. The van der Waals surface area contributed by atoms with E-state index in [9.17, 15) is 0 Å². The molecule has 84 valence electrons. The van der Waals surface area contributed by atoms with Gasteiger partial charge in [-0.25, -0.2) is 15.8 Å². The standard InChI is InChI=1S/C12H10N4S/c13-16-11-10-9(8-4-2-1-3-5-8)6-17-12(10)15-7-14-11/h1-7H,13H2,(H,14,15,16). The van der Waals surface area contributed by atoms with E-state index in [1.54, 1.807) is 11.3 Å². The van der Waals surface area contributed by atoms with Gasteiger partial charge in [-0.3, -0.25) is 0 Å². The van der Waals surface area contributed by atoms with Gasteiger partial charge in [-0.05, 0) is 5.56 Å². The summed E-state index contributed by atoms with van der Waals surface area (Å²) in [5.41, 5.74) is 4.88. The molecule has 0 aliphatic rings. The van der Waals surface area contributed by atoms with Crippen LogP contribution in [-0.4, -0.2) is 9.97 Å². The van der Waals surface area contributed by atoms with Crippen LogP contribution in [0.15, 0.2) is 42.0 Å². The minimum absolute atomic E-state index is 0.662. The largest absolute Gasteiger partial charge is 0.308 e. The maximum Gasteiger partial charge on any atom is 0.152 e. The molecule has 0 spiro atoms. The first kappa shape index (κ1) is 10.2. The summed E-state index contributed by atoms with van der Waals surface area (Å²) >= 11 is 1.59. The number of aromatic nitrogens is 2. The summed E-state index contributed by atoms with van der Waals surface area (Å²) in [6.45, 7) is 0. The van der Waals surface area contributed by atoms with Crippen LogP contribution in [0.1, 0.15) is 0 Å². The Morgan fingerprint density at radius 3 is 2.71 bits per heavy atom. The second-order valence-corrected chi connectivity index (χ2v) is 4.42. The highest BCUT2D eigenvalue weighted by molar-refractivity contribution is 7.17. The molecule has 0 unspecified atom stereocenters. The van der Waals surface area contributed by atoms with Crippen molar-refractivity contribution in [2.75, 3.05) is 5.43 Å². The Labute approximate surface area is 102 Å². The zero-order valence-electron chi connectivity index (χ0n) is 8.92. The van der Waals surface area contributed by atoms with Gasteiger partial charge in [-0.2, -0.15) is 0 Å². The van der Waals surface area contributed by atoms with Crippen LogP contribution >= 0.6 is 11.3 Å². The highest BCUT2D eigenvalue weighted by Crippen LogP contribution is 2.35. The minimum Gasteiger partial charge on any atom is -0.308 e. The Kier molecular flexibility index (Phi) is 2.47. The first-order chi connectivity index (χ1) is 8.40. The van der Waals surface area contributed by atoms with Crippen LogP contribution in [0.2, 0.25) is 0 Å². The number of hydrogen-bond donors (Lipinski definition) is 2. The molecule has 0 saturated heterocycles. The number of nitrogens with two attached hydrogens (primary N) is 1. The first-order valence-electron chi connectivity index (χ1n) is 5.14. The zero-order valence-corrected chi connectivity index (χ0v) is 9.74. The predicted molar refractivity (Wildman–Crippen MR) is 70.7 cm³/mol. The van der Waals surface area contributed by atoms with E-state index in [0.717, 1.165) is 21.3 Å². The van der Waals surface area contributed by atoms with E-state index in [4.69, 9.17) is 5.84 Å². The summed E-state index contributed by atoms with van der Waals surface area (Å²) < 4.78 is 0. The molecule has 2 heterocycles. The van der Waals surface area contributed by atoms with Crippen molar-refractivity contribution in [3.63, 3.8) is 0 Å². The van der Waals surface area contributed by atoms with E-state index in [1.165, 1.54) is 6.33 Å². The average molecular weight is 242 g/mol. The molecule has 0 bridgehead atoms. The van der Waals surface area contributed by atoms with Crippen molar-refractivity contribution in [1.82, 2.24) is 9.97 Å². The van der Waals surface area contributed by atoms with Gasteiger partial charge in [0, 0.05) is 10.9 Å². The third-order valence-corrected chi connectivity index (χ3v) is 3.48. The monoisotopic (exact) mass is 242 g/mol. The second kappa shape index (κ2) is 4.12.